The van der Waals surface area contributed by atoms with Gasteiger partial charge in [0.1, 0.15) is 0 Å². The Bertz CT molecular complexity index is 178. The predicted molar refractivity (Wildman–Crippen MR) is 55.0 cm³/mol. The van der Waals surface area contributed by atoms with Gasteiger partial charge in [-0.15, -0.1) is 0 Å². The summed E-state index contributed by atoms with van der Waals surface area (Å²) in [6.45, 7) is 5.93. The summed E-state index contributed by atoms with van der Waals surface area (Å²) in [5, 5.41) is 11.7. The minimum Gasteiger partial charge on any atom is -0.393 e. The highest BCUT2D eigenvalue weighted by Gasteiger charge is 2.20. The van der Waals surface area contributed by atoms with Crippen LogP contribution in [0, 0.1) is 0 Å². The van der Waals surface area contributed by atoms with Gasteiger partial charge < -0.3 is 15.2 Å². The number of amides is 1. The number of hydrogen-bond donors (Lipinski definition) is 2. The zero-order valence-electron chi connectivity index (χ0n) is 9.46. The lowest BCUT2D eigenvalue weighted by atomic mass is 10.1. The van der Waals surface area contributed by atoms with E-state index in [1.165, 1.54) is 0 Å². The van der Waals surface area contributed by atoms with Gasteiger partial charge in [-0.05, 0) is 27.2 Å². The van der Waals surface area contributed by atoms with Crippen LogP contribution in [0.25, 0.3) is 0 Å². The number of carbonyl (C=O) groups is 1. The molecule has 0 saturated carbocycles. The van der Waals surface area contributed by atoms with Crippen LogP contribution >= 0.6 is 0 Å². The number of ether oxygens (including phenoxy) is 1. The standard InChI is InChI=1S/C10H21NO3/c1-8(12)5-6-11-9(13)7-10(2,3)14-4/h8,12H,5-7H2,1-4H3,(H,11,13). The minimum absolute atomic E-state index is 0.0440. The van der Waals surface area contributed by atoms with E-state index in [0.29, 0.717) is 19.4 Å². The summed E-state index contributed by atoms with van der Waals surface area (Å²) in [7, 11) is 1.59. The van der Waals surface area contributed by atoms with Crippen LogP contribution in [0.4, 0.5) is 0 Å². The second kappa shape index (κ2) is 5.98. The first-order valence-electron chi connectivity index (χ1n) is 4.87. The maximum absolute atomic E-state index is 11.3. The lowest BCUT2D eigenvalue weighted by Gasteiger charge is -2.21. The van der Waals surface area contributed by atoms with Crippen LogP contribution < -0.4 is 5.32 Å². The molecule has 0 aromatic carbocycles. The van der Waals surface area contributed by atoms with E-state index >= 15 is 0 Å². The highest BCUT2D eigenvalue weighted by atomic mass is 16.5. The van der Waals surface area contributed by atoms with E-state index in [1.807, 2.05) is 13.8 Å². The highest BCUT2D eigenvalue weighted by molar-refractivity contribution is 5.76. The van der Waals surface area contributed by atoms with E-state index in [-0.39, 0.29) is 12.0 Å². The van der Waals surface area contributed by atoms with Crippen LogP contribution in [0.15, 0.2) is 0 Å². The second-order valence-corrected chi connectivity index (χ2v) is 4.13. The van der Waals surface area contributed by atoms with E-state index in [9.17, 15) is 4.79 Å². The van der Waals surface area contributed by atoms with Gasteiger partial charge in [0.25, 0.3) is 0 Å². The molecule has 1 amide bonds. The SMILES string of the molecule is COC(C)(C)CC(=O)NCCC(C)O. The monoisotopic (exact) mass is 203 g/mol. The third kappa shape index (κ3) is 6.86. The fourth-order valence-electron chi connectivity index (χ4n) is 0.942. The van der Waals surface area contributed by atoms with E-state index in [0.717, 1.165) is 0 Å². The number of nitrogens with one attached hydrogen (secondary N) is 1. The molecule has 1 unspecified atom stereocenters. The van der Waals surface area contributed by atoms with E-state index in [2.05, 4.69) is 5.32 Å². The zero-order chi connectivity index (χ0) is 11.2. The molecule has 2 N–H and O–H groups in total. The third-order valence-corrected chi connectivity index (χ3v) is 2.02. The van der Waals surface area contributed by atoms with E-state index < -0.39 is 5.60 Å². The average Bonchev–Trinajstić information content (AvgIpc) is 2.02. The number of carbonyl (C=O) groups excluding carboxylic acids is 1. The second-order valence-electron chi connectivity index (χ2n) is 4.13. The third-order valence-electron chi connectivity index (χ3n) is 2.02. The number of hydrogen-bond acceptors (Lipinski definition) is 3. The summed E-state index contributed by atoms with van der Waals surface area (Å²) in [6, 6.07) is 0. The van der Waals surface area contributed by atoms with Gasteiger partial charge in [-0.2, -0.15) is 0 Å². The molecule has 0 aliphatic carbocycles. The molecule has 84 valence electrons. The first kappa shape index (κ1) is 13.4. The van der Waals surface area contributed by atoms with Crippen molar-refractivity contribution in [2.24, 2.45) is 0 Å². The fraction of sp³-hybridized carbons (Fsp3) is 0.900. The Morgan fingerprint density at radius 2 is 2.14 bits per heavy atom. The Morgan fingerprint density at radius 3 is 2.57 bits per heavy atom. The van der Waals surface area contributed by atoms with Gasteiger partial charge in [0, 0.05) is 13.7 Å². The molecule has 0 aromatic rings. The largest absolute Gasteiger partial charge is 0.393 e. The Kier molecular flexibility index (Phi) is 5.72. The molecular weight excluding hydrogens is 182 g/mol. The molecule has 0 heterocycles. The maximum Gasteiger partial charge on any atom is 0.222 e. The lowest BCUT2D eigenvalue weighted by Crippen LogP contribution is -2.34. The molecular formula is C10H21NO3. The molecule has 0 rings (SSSR count). The van der Waals surface area contributed by atoms with Crippen LogP contribution in [-0.2, 0) is 9.53 Å². The number of methoxy groups -OCH3 is 1. The zero-order valence-corrected chi connectivity index (χ0v) is 9.46. The smallest absolute Gasteiger partial charge is 0.222 e. The van der Waals surface area contributed by atoms with E-state index in [1.54, 1.807) is 14.0 Å². The van der Waals surface area contributed by atoms with Crippen LogP contribution in [0.1, 0.15) is 33.6 Å². The number of rotatable bonds is 6. The average molecular weight is 203 g/mol. The molecule has 4 nitrogen and oxygen atoms in total. The topological polar surface area (TPSA) is 58.6 Å². The molecule has 0 fully saturated rings. The quantitative estimate of drug-likeness (QED) is 0.667. The lowest BCUT2D eigenvalue weighted by molar-refractivity contribution is -0.126. The van der Waals surface area contributed by atoms with Gasteiger partial charge in [-0.3, -0.25) is 4.79 Å². The van der Waals surface area contributed by atoms with Crippen LogP contribution in [0.2, 0.25) is 0 Å². The van der Waals surface area contributed by atoms with Gasteiger partial charge in [-0.1, -0.05) is 0 Å². The van der Waals surface area contributed by atoms with Crippen molar-refractivity contribution in [2.75, 3.05) is 13.7 Å². The van der Waals surface area contributed by atoms with Crippen molar-refractivity contribution in [3.8, 4) is 0 Å². The number of aliphatic hydroxyl groups excluding tert-OH is 1. The van der Waals surface area contributed by atoms with Crippen molar-refractivity contribution in [2.45, 2.75) is 45.3 Å². The Morgan fingerprint density at radius 1 is 1.57 bits per heavy atom. The molecule has 0 radical (unpaired) electrons. The van der Waals surface area contributed by atoms with Gasteiger partial charge in [0.05, 0.1) is 18.1 Å². The molecule has 0 spiro atoms. The summed E-state index contributed by atoms with van der Waals surface area (Å²) < 4.78 is 5.13. The Balaban J connectivity index is 3.66. The highest BCUT2D eigenvalue weighted by Crippen LogP contribution is 2.12. The molecule has 0 aliphatic rings. The van der Waals surface area contributed by atoms with E-state index in [4.69, 9.17) is 9.84 Å². The normalized spacial score (nSPS) is 13.8. The molecule has 0 aliphatic heterocycles. The Hall–Kier alpha value is -0.610. The van der Waals surface area contributed by atoms with Crippen LogP contribution in [0.5, 0.6) is 0 Å². The Labute approximate surface area is 85.6 Å². The first-order valence-corrected chi connectivity index (χ1v) is 4.87. The van der Waals surface area contributed by atoms with Gasteiger partial charge >= 0.3 is 0 Å². The summed E-state index contributed by atoms with van der Waals surface area (Å²) in [6.07, 6.45) is 0.549. The first-order chi connectivity index (χ1) is 6.37. The summed E-state index contributed by atoms with van der Waals surface area (Å²) in [5.41, 5.74) is -0.422. The van der Waals surface area contributed by atoms with Crippen LogP contribution in [0.3, 0.4) is 0 Å². The summed E-state index contributed by atoms with van der Waals surface area (Å²) in [5.74, 6) is -0.0440. The van der Waals surface area contributed by atoms with Crippen molar-refractivity contribution in [3.63, 3.8) is 0 Å². The van der Waals surface area contributed by atoms with Crippen molar-refractivity contribution in [1.82, 2.24) is 5.32 Å². The molecule has 0 bridgehead atoms. The van der Waals surface area contributed by atoms with Crippen molar-refractivity contribution in [3.05, 3.63) is 0 Å². The van der Waals surface area contributed by atoms with Gasteiger partial charge in [-0.25, -0.2) is 0 Å². The van der Waals surface area contributed by atoms with Gasteiger partial charge in [0.15, 0.2) is 0 Å². The summed E-state index contributed by atoms with van der Waals surface area (Å²) in [4.78, 5) is 11.3. The minimum atomic E-state index is -0.422. The fourth-order valence-corrected chi connectivity index (χ4v) is 0.942. The molecule has 0 saturated heterocycles. The maximum atomic E-state index is 11.3. The van der Waals surface area contributed by atoms with Gasteiger partial charge in [0.2, 0.25) is 5.91 Å². The molecule has 1 atom stereocenters. The van der Waals surface area contributed by atoms with Crippen molar-refractivity contribution < 1.29 is 14.6 Å². The molecule has 0 aromatic heterocycles. The molecule has 14 heavy (non-hydrogen) atoms. The van der Waals surface area contributed by atoms with Crippen molar-refractivity contribution >= 4 is 5.91 Å². The van der Waals surface area contributed by atoms with Crippen molar-refractivity contribution in [1.29, 1.82) is 0 Å². The summed E-state index contributed by atoms with van der Waals surface area (Å²) >= 11 is 0. The molecule has 4 heteroatoms. The van der Waals surface area contributed by atoms with Crippen LogP contribution in [-0.4, -0.2) is 36.4 Å². The predicted octanol–water partition coefficient (Wildman–Crippen LogP) is 0.689. The number of aliphatic hydroxyl groups is 1.